The fraction of sp³-hybridized carbons (Fsp3) is 0.278. The van der Waals surface area contributed by atoms with Crippen LogP contribution in [0.4, 0.5) is 0 Å². The third-order valence-electron chi connectivity index (χ3n) is 3.43. The number of esters is 1. The second kappa shape index (κ2) is 6.60. The Balaban J connectivity index is 2.65. The summed E-state index contributed by atoms with van der Waals surface area (Å²) in [4.78, 5) is 36.8. The molecule has 1 aliphatic carbocycles. The molecule has 0 unspecified atom stereocenters. The molecule has 0 amide bonds. The first-order valence-electron chi connectivity index (χ1n) is 7.18. The molecule has 0 N–H and O–H groups in total. The second-order valence-electron chi connectivity index (χ2n) is 5.43. The Morgan fingerprint density at radius 1 is 1.13 bits per heavy atom. The van der Waals surface area contributed by atoms with Crippen LogP contribution in [0.1, 0.15) is 47.9 Å². The van der Waals surface area contributed by atoms with Crippen LogP contribution in [0, 0.1) is 0 Å². The number of rotatable bonds is 4. The number of ether oxygens (including phenoxy) is 2. The predicted octanol–water partition coefficient (Wildman–Crippen LogP) is 3.25. The molecule has 0 aliphatic heterocycles. The van der Waals surface area contributed by atoms with Crippen LogP contribution in [0.5, 0.6) is 5.75 Å². The molecule has 5 nitrogen and oxygen atoms in total. The van der Waals surface area contributed by atoms with Gasteiger partial charge in [0.05, 0.1) is 18.2 Å². The molecule has 5 heteroatoms. The van der Waals surface area contributed by atoms with Gasteiger partial charge in [-0.25, -0.2) is 0 Å². The van der Waals surface area contributed by atoms with Gasteiger partial charge in [-0.3, -0.25) is 14.4 Å². The number of benzene rings is 1. The smallest absolute Gasteiger partial charge is 0.308 e. The van der Waals surface area contributed by atoms with Crippen molar-refractivity contribution in [1.82, 2.24) is 0 Å². The molecule has 0 saturated carbocycles. The standard InChI is InChI=1S/C18H18O5/c1-10(2)8-9-13-16(20)12-6-5-7-14(22-4)15(12)17(21)18(13)23-11(3)19/h5-8H,9H2,1-4H3. The van der Waals surface area contributed by atoms with Gasteiger partial charge in [0.1, 0.15) is 5.75 Å². The van der Waals surface area contributed by atoms with Gasteiger partial charge >= 0.3 is 5.97 Å². The van der Waals surface area contributed by atoms with Gasteiger partial charge in [-0.05, 0) is 26.3 Å². The van der Waals surface area contributed by atoms with E-state index in [1.54, 1.807) is 18.2 Å². The van der Waals surface area contributed by atoms with E-state index in [9.17, 15) is 14.4 Å². The first-order valence-corrected chi connectivity index (χ1v) is 7.18. The minimum Gasteiger partial charge on any atom is -0.496 e. The molecule has 1 aromatic rings. The fourth-order valence-electron chi connectivity index (χ4n) is 2.38. The highest BCUT2D eigenvalue weighted by Crippen LogP contribution is 2.34. The second-order valence-corrected chi connectivity index (χ2v) is 5.43. The maximum Gasteiger partial charge on any atom is 0.308 e. The van der Waals surface area contributed by atoms with Crippen molar-refractivity contribution in [2.75, 3.05) is 7.11 Å². The number of ketones is 2. The largest absolute Gasteiger partial charge is 0.496 e. The Morgan fingerprint density at radius 2 is 1.83 bits per heavy atom. The van der Waals surface area contributed by atoms with Crippen LogP contribution in [-0.2, 0) is 9.53 Å². The minimum atomic E-state index is -0.644. The molecule has 2 rings (SSSR count). The summed E-state index contributed by atoms with van der Waals surface area (Å²) in [7, 11) is 1.42. The lowest BCUT2D eigenvalue weighted by molar-refractivity contribution is -0.136. The van der Waals surface area contributed by atoms with Gasteiger partial charge in [-0.2, -0.15) is 0 Å². The van der Waals surface area contributed by atoms with E-state index in [2.05, 4.69) is 0 Å². The summed E-state index contributed by atoms with van der Waals surface area (Å²) < 4.78 is 10.2. The Morgan fingerprint density at radius 3 is 2.39 bits per heavy atom. The van der Waals surface area contributed by atoms with Gasteiger partial charge in [0, 0.05) is 12.5 Å². The zero-order valence-corrected chi connectivity index (χ0v) is 13.6. The van der Waals surface area contributed by atoms with Crippen LogP contribution in [0.2, 0.25) is 0 Å². The van der Waals surface area contributed by atoms with E-state index < -0.39 is 11.8 Å². The molecule has 0 bridgehead atoms. The molecule has 120 valence electrons. The number of fused-ring (bicyclic) bond motifs is 1. The predicted molar refractivity (Wildman–Crippen MR) is 84.5 cm³/mol. The Hall–Kier alpha value is -2.69. The number of allylic oxidation sites excluding steroid dienone is 4. The van der Waals surface area contributed by atoms with Crippen molar-refractivity contribution in [3.63, 3.8) is 0 Å². The Kier molecular flexibility index (Phi) is 4.79. The summed E-state index contributed by atoms with van der Waals surface area (Å²) in [6.45, 7) is 4.97. The van der Waals surface area contributed by atoms with Crippen LogP contribution in [-0.4, -0.2) is 24.6 Å². The van der Waals surface area contributed by atoms with E-state index in [1.165, 1.54) is 14.0 Å². The van der Waals surface area contributed by atoms with Crippen LogP contribution in [0.25, 0.3) is 0 Å². The first kappa shape index (κ1) is 16.7. The first-order chi connectivity index (χ1) is 10.9. The molecule has 1 aromatic carbocycles. The maximum atomic E-state index is 12.7. The van der Waals surface area contributed by atoms with E-state index in [0.717, 1.165) is 5.57 Å². The summed E-state index contributed by atoms with van der Waals surface area (Å²) in [5.41, 5.74) is 1.59. The molecule has 0 saturated heterocycles. The summed E-state index contributed by atoms with van der Waals surface area (Å²) in [5, 5.41) is 0. The number of methoxy groups -OCH3 is 1. The van der Waals surface area contributed by atoms with E-state index in [1.807, 2.05) is 19.9 Å². The van der Waals surface area contributed by atoms with Crippen molar-refractivity contribution in [2.24, 2.45) is 0 Å². The number of carbonyl (C=O) groups is 3. The van der Waals surface area contributed by atoms with Crippen molar-refractivity contribution in [1.29, 1.82) is 0 Å². The van der Waals surface area contributed by atoms with E-state index >= 15 is 0 Å². The third kappa shape index (κ3) is 3.23. The topological polar surface area (TPSA) is 69.7 Å². The van der Waals surface area contributed by atoms with E-state index in [0.29, 0.717) is 0 Å². The quantitative estimate of drug-likeness (QED) is 0.630. The van der Waals surface area contributed by atoms with Crippen molar-refractivity contribution < 1.29 is 23.9 Å². The van der Waals surface area contributed by atoms with Gasteiger partial charge in [0.2, 0.25) is 5.78 Å². The highest BCUT2D eigenvalue weighted by Gasteiger charge is 2.36. The molecule has 0 radical (unpaired) electrons. The Labute approximate surface area is 134 Å². The van der Waals surface area contributed by atoms with Gasteiger partial charge in [-0.15, -0.1) is 0 Å². The zero-order valence-electron chi connectivity index (χ0n) is 13.6. The average Bonchev–Trinajstić information content (AvgIpc) is 2.50. The lowest BCUT2D eigenvalue weighted by Gasteiger charge is -2.21. The Bertz CT molecular complexity index is 749. The van der Waals surface area contributed by atoms with Crippen molar-refractivity contribution in [2.45, 2.75) is 27.2 Å². The molecule has 0 fully saturated rings. The molecule has 23 heavy (non-hydrogen) atoms. The van der Waals surface area contributed by atoms with Crippen molar-refractivity contribution >= 4 is 17.5 Å². The van der Waals surface area contributed by atoms with Crippen molar-refractivity contribution in [3.05, 3.63) is 52.3 Å². The zero-order chi connectivity index (χ0) is 17.1. The molecule has 0 aromatic heterocycles. The molecular formula is C18H18O5. The van der Waals surface area contributed by atoms with Crippen LogP contribution >= 0.6 is 0 Å². The molecule has 0 atom stereocenters. The fourth-order valence-corrected chi connectivity index (χ4v) is 2.38. The number of hydrogen-bond donors (Lipinski definition) is 0. The lowest BCUT2D eigenvalue weighted by atomic mass is 9.86. The summed E-state index contributed by atoms with van der Waals surface area (Å²) in [6.07, 6.45) is 2.04. The lowest BCUT2D eigenvalue weighted by Crippen LogP contribution is -2.25. The summed E-state index contributed by atoms with van der Waals surface area (Å²) >= 11 is 0. The van der Waals surface area contributed by atoms with Gasteiger partial charge in [0.25, 0.3) is 0 Å². The molecule has 0 heterocycles. The number of Topliss-reactive ketones (excluding diaryl/α,β-unsaturated/α-hetero) is 2. The highest BCUT2D eigenvalue weighted by atomic mass is 16.5. The van der Waals surface area contributed by atoms with E-state index in [4.69, 9.17) is 9.47 Å². The summed E-state index contributed by atoms with van der Waals surface area (Å²) in [6, 6.07) is 4.82. The molecule has 1 aliphatic rings. The normalized spacial score (nSPS) is 13.6. The van der Waals surface area contributed by atoms with Crippen LogP contribution in [0.15, 0.2) is 41.2 Å². The van der Waals surface area contributed by atoms with Gasteiger partial charge in [-0.1, -0.05) is 23.8 Å². The molecular weight excluding hydrogens is 296 g/mol. The van der Waals surface area contributed by atoms with Crippen molar-refractivity contribution in [3.8, 4) is 5.75 Å². The third-order valence-corrected chi connectivity index (χ3v) is 3.43. The highest BCUT2D eigenvalue weighted by molar-refractivity contribution is 6.27. The van der Waals surface area contributed by atoms with Crippen LogP contribution < -0.4 is 4.74 Å². The minimum absolute atomic E-state index is 0.136. The number of carbonyl (C=O) groups excluding carboxylic acids is 3. The maximum absolute atomic E-state index is 12.7. The monoisotopic (exact) mass is 314 g/mol. The van der Waals surface area contributed by atoms with Crippen LogP contribution in [0.3, 0.4) is 0 Å². The average molecular weight is 314 g/mol. The summed E-state index contributed by atoms with van der Waals surface area (Å²) in [5.74, 6) is -1.41. The molecule has 0 spiro atoms. The van der Waals surface area contributed by atoms with Gasteiger partial charge in [0.15, 0.2) is 11.5 Å². The SMILES string of the molecule is COc1cccc2c1C(=O)C(OC(C)=O)=C(CC=C(C)C)C2=O. The van der Waals surface area contributed by atoms with Gasteiger partial charge < -0.3 is 9.47 Å². The van der Waals surface area contributed by atoms with E-state index in [-0.39, 0.29) is 40.4 Å². The number of hydrogen-bond acceptors (Lipinski definition) is 5.